The Hall–Kier alpha value is -4.03. The van der Waals surface area contributed by atoms with Crippen LogP contribution in [0.1, 0.15) is 51.6 Å². The summed E-state index contributed by atoms with van der Waals surface area (Å²) in [5.41, 5.74) is 1.68. The Kier molecular flexibility index (Phi) is 8.97. The fourth-order valence-electron chi connectivity index (χ4n) is 5.68. The predicted octanol–water partition coefficient (Wildman–Crippen LogP) is 3.96. The molecule has 43 heavy (non-hydrogen) atoms. The molecule has 1 amide bonds. The Morgan fingerprint density at radius 1 is 1.16 bits per heavy atom. The van der Waals surface area contributed by atoms with E-state index in [0.29, 0.717) is 73.9 Å². The third-order valence-corrected chi connectivity index (χ3v) is 9.77. The summed E-state index contributed by atoms with van der Waals surface area (Å²) < 4.78 is 36.6. The van der Waals surface area contributed by atoms with E-state index in [1.807, 2.05) is 51.2 Å². The summed E-state index contributed by atoms with van der Waals surface area (Å²) in [6, 6.07) is 4.57. The number of H-pyrrole nitrogens is 1. The lowest BCUT2D eigenvalue weighted by molar-refractivity contribution is -0.136. The largest absolute Gasteiger partial charge is 0.493 e. The van der Waals surface area contributed by atoms with E-state index in [-0.39, 0.29) is 23.2 Å². The van der Waals surface area contributed by atoms with Crippen LogP contribution in [0, 0.1) is 12.8 Å². The molecule has 5 rings (SSSR count). The normalized spacial score (nSPS) is 17.6. The summed E-state index contributed by atoms with van der Waals surface area (Å²) in [5.74, 6) is 0.667. The molecule has 1 saturated heterocycles. The molecule has 12 heteroatoms. The minimum absolute atomic E-state index is 0.0199. The van der Waals surface area contributed by atoms with Crippen molar-refractivity contribution in [1.29, 1.82) is 0 Å². The van der Waals surface area contributed by atoms with Gasteiger partial charge in [0.15, 0.2) is 17.2 Å². The van der Waals surface area contributed by atoms with Crippen LogP contribution >= 0.6 is 0 Å². The van der Waals surface area contributed by atoms with E-state index < -0.39 is 21.5 Å². The van der Waals surface area contributed by atoms with E-state index >= 15 is 0 Å². The molecule has 1 unspecified atom stereocenters. The number of rotatable bonds is 9. The highest BCUT2D eigenvalue weighted by Gasteiger charge is 2.35. The highest BCUT2D eigenvalue weighted by atomic mass is 32.2. The number of hydrogen-bond acceptors (Lipinski definition) is 7. The number of carbonyl (C=O) groups excluding carboxylic acids is 1. The average Bonchev–Trinajstić information content (AvgIpc) is 3.15. The van der Waals surface area contributed by atoms with Crippen LogP contribution in [0.15, 0.2) is 58.3 Å². The molecule has 0 spiro atoms. The molecule has 1 fully saturated rings. The van der Waals surface area contributed by atoms with Crippen LogP contribution in [0.2, 0.25) is 0 Å². The summed E-state index contributed by atoms with van der Waals surface area (Å²) in [6.45, 7) is 9.36. The molecule has 1 aliphatic heterocycles. The molecule has 1 atom stereocenters. The minimum atomic E-state index is -3.96. The summed E-state index contributed by atoms with van der Waals surface area (Å²) in [4.78, 5) is 35.7. The van der Waals surface area contributed by atoms with Gasteiger partial charge >= 0.3 is 0 Å². The summed E-state index contributed by atoms with van der Waals surface area (Å²) in [7, 11) is -3.96. The van der Waals surface area contributed by atoms with Crippen LogP contribution in [0.25, 0.3) is 22.5 Å². The van der Waals surface area contributed by atoms with Crippen molar-refractivity contribution in [3.8, 4) is 17.1 Å². The molecule has 1 aromatic carbocycles. The smallest absolute Gasteiger partial charge is 0.277 e. The molecular weight excluding hydrogens is 568 g/mol. The number of ether oxygens (including phenoxy) is 1. The van der Waals surface area contributed by atoms with Gasteiger partial charge in [0.2, 0.25) is 15.9 Å². The van der Waals surface area contributed by atoms with Gasteiger partial charge in [-0.05, 0) is 65.2 Å². The number of aromatic nitrogens is 4. The van der Waals surface area contributed by atoms with Crippen LogP contribution < -0.4 is 10.3 Å². The fraction of sp³-hybridized carbons (Fsp3) is 0.419. The molecule has 2 aliphatic rings. The molecule has 3 heterocycles. The van der Waals surface area contributed by atoms with E-state index in [1.165, 1.54) is 21.0 Å². The SMILES string of the molecule is CCOc1ccc(S(=O)(=O)N2CCCC(C(=O)N(CC)CC)C2)cc1-c1nn2c(C3=CC=CC=CC3)nc(C)c2c(=O)[nH]1. The molecular formula is C31H38N6O5S. The average molecular weight is 607 g/mol. The molecule has 1 N–H and O–H groups in total. The number of aryl methyl sites for hydroxylation is 1. The number of piperidine rings is 1. The maximum atomic E-state index is 13.9. The number of imidazole rings is 1. The molecule has 1 aliphatic carbocycles. The number of nitrogens with one attached hydrogen (secondary N) is 1. The molecule has 0 bridgehead atoms. The van der Waals surface area contributed by atoms with Crippen molar-refractivity contribution >= 4 is 27.0 Å². The van der Waals surface area contributed by atoms with Crippen molar-refractivity contribution < 1.29 is 17.9 Å². The van der Waals surface area contributed by atoms with E-state index in [4.69, 9.17) is 9.84 Å². The summed E-state index contributed by atoms with van der Waals surface area (Å²) in [6.07, 6.45) is 11.6. The van der Waals surface area contributed by atoms with Gasteiger partial charge in [0.05, 0.1) is 28.7 Å². The fourth-order valence-corrected chi connectivity index (χ4v) is 7.23. The Morgan fingerprint density at radius 2 is 1.95 bits per heavy atom. The maximum Gasteiger partial charge on any atom is 0.277 e. The van der Waals surface area contributed by atoms with Crippen molar-refractivity contribution in [2.75, 3.05) is 32.8 Å². The summed E-state index contributed by atoms with van der Waals surface area (Å²) in [5, 5.41) is 4.76. The van der Waals surface area contributed by atoms with Gasteiger partial charge in [-0.3, -0.25) is 9.59 Å². The molecule has 0 saturated carbocycles. The van der Waals surface area contributed by atoms with Crippen LogP contribution in [0.4, 0.5) is 0 Å². The molecule has 2 aromatic heterocycles. The Balaban J connectivity index is 1.57. The van der Waals surface area contributed by atoms with E-state index in [2.05, 4.69) is 9.97 Å². The number of sulfonamides is 1. The number of amides is 1. The first-order chi connectivity index (χ1) is 20.7. The predicted molar refractivity (Wildman–Crippen MR) is 165 cm³/mol. The standard InChI is InChI=1S/C31H38N6O5S/c1-5-35(6-2)31(39)23-15-12-18-36(20-23)43(40,41)24-16-17-26(42-7-3)25(19-24)28-33-30(38)27-21(4)32-29(37(27)34-28)22-13-10-8-9-11-14-22/h8-11,13,16-17,19,23H,5-7,12,14-15,18,20H2,1-4H3,(H,33,34,38). The van der Waals surface area contributed by atoms with Gasteiger partial charge in [-0.1, -0.05) is 30.4 Å². The van der Waals surface area contributed by atoms with Crippen molar-refractivity contribution in [1.82, 2.24) is 28.8 Å². The second kappa shape index (κ2) is 12.7. The molecule has 3 aromatic rings. The van der Waals surface area contributed by atoms with Gasteiger partial charge < -0.3 is 14.6 Å². The first-order valence-corrected chi connectivity index (χ1v) is 16.2. The molecule has 0 radical (unpaired) electrons. The van der Waals surface area contributed by atoms with E-state index in [9.17, 15) is 18.0 Å². The number of nitrogens with zero attached hydrogens (tertiary/aromatic N) is 5. The number of fused-ring (bicyclic) bond motifs is 1. The van der Waals surface area contributed by atoms with Crippen LogP contribution in [0.3, 0.4) is 0 Å². The van der Waals surface area contributed by atoms with Gasteiger partial charge in [-0.25, -0.2) is 17.9 Å². The topological polar surface area (TPSA) is 130 Å². The van der Waals surface area contributed by atoms with Gasteiger partial charge in [0.1, 0.15) is 5.75 Å². The first kappa shape index (κ1) is 30.4. The number of aromatic amines is 1. The molecule has 11 nitrogen and oxygen atoms in total. The first-order valence-electron chi connectivity index (χ1n) is 14.8. The minimum Gasteiger partial charge on any atom is -0.493 e. The highest BCUT2D eigenvalue weighted by Crippen LogP contribution is 2.33. The van der Waals surface area contributed by atoms with Gasteiger partial charge in [-0.15, -0.1) is 5.10 Å². The van der Waals surface area contributed by atoms with Crippen molar-refractivity contribution in [2.45, 2.75) is 51.9 Å². The van der Waals surface area contributed by atoms with Crippen molar-refractivity contribution in [2.24, 2.45) is 5.92 Å². The Bertz CT molecular complexity index is 1780. The number of hydrogen-bond donors (Lipinski definition) is 1. The van der Waals surface area contributed by atoms with Gasteiger partial charge in [0, 0.05) is 31.8 Å². The third-order valence-electron chi connectivity index (χ3n) is 7.91. The van der Waals surface area contributed by atoms with Crippen molar-refractivity contribution in [3.63, 3.8) is 0 Å². The van der Waals surface area contributed by atoms with E-state index in [0.717, 1.165) is 5.57 Å². The Morgan fingerprint density at radius 3 is 2.70 bits per heavy atom. The highest BCUT2D eigenvalue weighted by molar-refractivity contribution is 7.89. The quantitative estimate of drug-likeness (QED) is 0.390. The van der Waals surface area contributed by atoms with Crippen LogP contribution in [0.5, 0.6) is 5.75 Å². The summed E-state index contributed by atoms with van der Waals surface area (Å²) >= 11 is 0. The maximum absolute atomic E-state index is 13.9. The monoisotopic (exact) mass is 606 g/mol. The third kappa shape index (κ3) is 5.94. The van der Waals surface area contributed by atoms with Gasteiger partial charge in [-0.2, -0.15) is 4.31 Å². The van der Waals surface area contributed by atoms with Gasteiger partial charge in [0.25, 0.3) is 5.56 Å². The number of carbonyl (C=O) groups is 1. The zero-order valence-electron chi connectivity index (χ0n) is 25.0. The lowest BCUT2D eigenvalue weighted by atomic mass is 9.98. The Labute approximate surface area is 251 Å². The van der Waals surface area contributed by atoms with E-state index in [1.54, 1.807) is 17.9 Å². The zero-order valence-corrected chi connectivity index (χ0v) is 25.9. The van der Waals surface area contributed by atoms with Crippen LogP contribution in [-0.4, -0.2) is 75.9 Å². The number of benzene rings is 1. The second-order valence-electron chi connectivity index (χ2n) is 10.6. The van der Waals surface area contributed by atoms with Crippen molar-refractivity contribution in [3.05, 3.63) is 70.5 Å². The zero-order chi connectivity index (χ0) is 30.7. The lowest BCUT2D eigenvalue weighted by Crippen LogP contribution is -2.46. The number of allylic oxidation sites excluding steroid dienone is 6. The second-order valence-corrected chi connectivity index (χ2v) is 12.5. The molecule has 228 valence electrons. The lowest BCUT2D eigenvalue weighted by Gasteiger charge is -2.33. The van der Waals surface area contributed by atoms with Crippen LogP contribution in [-0.2, 0) is 14.8 Å².